The minimum Gasteiger partial charge on any atom is -0.462 e. The average Bonchev–Trinajstić information content (AvgIpc) is 2.19. The zero-order chi connectivity index (χ0) is 9.52. The average molecular weight is 186 g/mol. The van der Waals surface area contributed by atoms with E-state index in [1.54, 1.807) is 0 Å². The van der Waals surface area contributed by atoms with Crippen LogP contribution >= 0.6 is 0 Å². The van der Waals surface area contributed by atoms with Crippen molar-refractivity contribution in [2.45, 2.75) is 19.1 Å². The summed E-state index contributed by atoms with van der Waals surface area (Å²) in [5.41, 5.74) is 0. The molecule has 4 nitrogen and oxygen atoms in total. The third-order valence-electron chi connectivity index (χ3n) is 1.66. The topological polar surface area (TPSA) is 44.8 Å². The lowest BCUT2D eigenvalue weighted by Gasteiger charge is -2.22. The van der Waals surface area contributed by atoms with Gasteiger partial charge in [0.2, 0.25) is 0 Å². The van der Waals surface area contributed by atoms with Gasteiger partial charge in [-0.15, -0.1) is 0 Å². The summed E-state index contributed by atoms with van der Waals surface area (Å²) in [5.74, 6) is -0.407. The van der Waals surface area contributed by atoms with Crippen molar-refractivity contribution in [1.82, 2.24) is 0 Å². The fourth-order valence-electron chi connectivity index (χ4n) is 1.02. The summed E-state index contributed by atoms with van der Waals surface area (Å²) < 4.78 is 15.3. The second-order valence-electron chi connectivity index (χ2n) is 2.68. The molecule has 0 N–H and O–H groups in total. The molecule has 0 aromatic rings. The van der Waals surface area contributed by atoms with Crippen LogP contribution in [0, 0.1) is 0 Å². The third-order valence-corrected chi connectivity index (χ3v) is 1.66. The largest absolute Gasteiger partial charge is 0.462 e. The van der Waals surface area contributed by atoms with Crippen LogP contribution in [0.3, 0.4) is 0 Å². The van der Waals surface area contributed by atoms with E-state index in [2.05, 4.69) is 6.58 Å². The summed E-state index contributed by atoms with van der Waals surface area (Å²) in [6, 6.07) is 0. The van der Waals surface area contributed by atoms with E-state index in [1.807, 2.05) is 0 Å². The van der Waals surface area contributed by atoms with Crippen LogP contribution in [-0.2, 0) is 19.0 Å². The van der Waals surface area contributed by atoms with Gasteiger partial charge in [-0.1, -0.05) is 6.58 Å². The molecule has 1 aliphatic rings. The molecule has 0 saturated carbocycles. The Hall–Kier alpha value is -0.870. The highest BCUT2D eigenvalue weighted by Gasteiger charge is 2.13. The van der Waals surface area contributed by atoms with E-state index >= 15 is 0 Å². The molecule has 0 amide bonds. The van der Waals surface area contributed by atoms with Crippen LogP contribution in [0.2, 0.25) is 0 Å². The zero-order valence-electron chi connectivity index (χ0n) is 7.53. The lowest BCUT2D eigenvalue weighted by atomic mass is 10.4. The van der Waals surface area contributed by atoms with Crippen molar-refractivity contribution >= 4 is 5.97 Å². The number of rotatable bonds is 4. The monoisotopic (exact) mass is 186 g/mol. The highest BCUT2D eigenvalue weighted by molar-refractivity contribution is 5.81. The Morgan fingerprint density at radius 2 is 2.23 bits per heavy atom. The Kier molecular flexibility index (Phi) is 4.49. The van der Waals surface area contributed by atoms with Crippen LogP contribution in [0.25, 0.3) is 0 Å². The number of carbonyl (C=O) groups excluding carboxylic acids is 1. The van der Waals surface area contributed by atoms with Crippen molar-refractivity contribution in [2.75, 3.05) is 19.8 Å². The minimum absolute atomic E-state index is 0.216. The second kappa shape index (κ2) is 5.72. The molecule has 0 aromatic carbocycles. The summed E-state index contributed by atoms with van der Waals surface area (Å²) >= 11 is 0. The zero-order valence-corrected chi connectivity index (χ0v) is 7.53. The highest BCUT2D eigenvalue weighted by atomic mass is 16.7. The van der Waals surface area contributed by atoms with Gasteiger partial charge in [-0.25, -0.2) is 4.79 Å². The first-order valence-electron chi connectivity index (χ1n) is 4.35. The molecule has 1 saturated heterocycles. The molecule has 4 heteroatoms. The first-order valence-corrected chi connectivity index (χ1v) is 4.35. The van der Waals surface area contributed by atoms with E-state index in [-0.39, 0.29) is 6.29 Å². The molecule has 1 heterocycles. The molecular weight excluding hydrogens is 172 g/mol. The van der Waals surface area contributed by atoms with Crippen molar-refractivity contribution in [1.29, 1.82) is 0 Å². The molecule has 0 aliphatic carbocycles. The fourth-order valence-corrected chi connectivity index (χ4v) is 1.02. The van der Waals surface area contributed by atoms with E-state index in [0.717, 1.165) is 25.7 Å². The number of ether oxygens (including phenoxy) is 3. The van der Waals surface area contributed by atoms with Crippen LogP contribution in [-0.4, -0.2) is 32.1 Å². The van der Waals surface area contributed by atoms with Gasteiger partial charge >= 0.3 is 5.97 Å². The first kappa shape index (κ1) is 10.2. The molecule has 1 rings (SSSR count). The first-order chi connectivity index (χ1) is 6.33. The lowest BCUT2D eigenvalue weighted by Crippen LogP contribution is -2.26. The summed E-state index contributed by atoms with van der Waals surface area (Å²) in [5, 5.41) is 0. The maximum absolute atomic E-state index is 10.6. The third kappa shape index (κ3) is 4.05. The van der Waals surface area contributed by atoms with Gasteiger partial charge in [-0.05, 0) is 6.42 Å². The van der Waals surface area contributed by atoms with Crippen LogP contribution in [0.5, 0.6) is 0 Å². The fraction of sp³-hybridized carbons (Fsp3) is 0.667. The van der Waals surface area contributed by atoms with Crippen LogP contribution in [0.1, 0.15) is 12.8 Å². The summed E-state index contributed by atoms with van der Waals surface area (Å²) in [6.45, 7) is 5.05. The molecule has 0 atom stereocenters. The van der Waals surface area contributed by atoms with Gasteiger partial charge in [0.1, 0.15) is 0 Å². The number of hydrogen-bond acceptors (Lipinski definition) is 4. The molecule has 1 fully saturated rings. The van der Waals surface area contributed by atoms with Crippen molar-refractivity contribution in [2.24, 2.45) is 0 Å². The molecule has 0 aromatic heterocycles. The van der Waals surface area contributed by atoms with Crippen LogP contribution in [0.4, 0.5) is 0 Å². The Morgan fingerprint density at radius 3 is 2.85 bits per heavy atom. The van der Waals surface area contributed by atoms with Crippen molar-refractivity contribution in [3.63, 3.8) is 0 Å². The van der Waals surface area contributed by atoms with Gasteiger partial charge in [0.15, 0.2) is 6.29 Å². The number of hydrogen-bond donors (Lipinski definition) is 0. The Labute approximate surface area is 77.5 Å². The number of carbonyl (C=O) groups is 1. The molecule has 0 bridgehead atoms. The van der Waals surface area contributed by atoms with Crippen molar-refractivity contribution in [3.8, 4) is 0 Å². The minimum atomic E-state index is -0.407. The quantitative estimate of drug-likeness (QED) is 0.482. The standard InChI is InChI=1S/C9H14O4/c1-2-8(10)11-7-4-9-12-5-3-6-13-9/h2,9H,1,3-7H2. The molecular formula is C9H14O4. The number of esters is 1. The van der Waals surface area contributed by atoms with Gasteiger partial charge in [0.05, 0.1) is 19.8 Å². The molecule has 13 heavy (non-hydrogen) atoms. The van der Waals surface area contributed by atoms with E-state index in [1.165, 1.54) is 0 Å². The molecule has 0 spiro atoms. The summed E-state index contributed by atoms with van der Waals surface area (Å²) in [6.07, 6.45) is 2.44. The maximum Gasteiger partial charge on any atom is 0.330 e. The van der Waals surface area contributed by atoms with Gasteiger partial charge in [-0.2, -0.15) is 0 Å². The normalized spacial score (nSPS) is 18.2. The van der Waals surface area contributed by atoms with Gasteiger partial charge in [0, 0.05) is 12.5 Å². The summed E-state index contributed by atoms with van der Waals surface area (Å²) in [4.78, 5) is 10.6. The van der Waals surface area contributed by atoms with E-state index < -0.39 is 5.97 Å². The Balaban J connectivity index is 2.04. The van der Waals surface area contributed by atoms with Crippen molar-refractivity contribution < 1.29 is 19.0 Å². The maximum atomic E-state index is 10.6. The smallest absolute Gasteiger partial charge is 0.330 e. The second-order valence-corrected chi connectivity index (χ2v) is 2.68. The van der Waals surface area contributed by atoms with E-state index in [9.17, 15) is 4.79 Å². The molecule has 0 unspecified atom stereocenters. The van der Waals surface area contributed by atoms with E-state index in [4.69, 9.17) is 14.2 Å². The molecule has 1 aliphatic heterocycles. The van der Waals surface area contributed by atoms with E-state index in [0.29, 0.717) is 13.0 Å². The van der Waals surface area contributed by atoms with Crippen LogP contribution < -0.4 is 0 Å². The summed E-state index contributed by atoms with van der Waals surface area (Å²) in [7, 11) is 0. The van der Waals surface area contributed by atoms with Gasteiger partial charge in [0.25, 0.3) is 0 Å². The van der Waals surface area contributed by atoms with Crippen LogP contribution in [0.15, 0.2) is 12.7 Å². The lowest BCUT2D eigenvalue weighted by molar-refractivity contribution is -0.186. The van der Waals surface area contributed by atoms with Gasteiger partial charge in [-0.3, -0.25) is 0 Å². The molecule has 0 radical (unpaired) electrons. The molecule has 74 valence electrons. The predicted molar refractivity (Wildman–Crippen MR) is 46.1 cm³/mol. The predicted octanol–water partition coefficient (Wildman–Crippen LogP) is 0.869. The van der Waals surface area contributed by atoms with Crippen molar-refractivity contribution in [3.05, 3.63) is 12.7 Å². The highest BCUT2D eigenvalue weighted by Crippen LogP contribution is 2.08. The van der Waals surface area contributed by atoms with Gasteiger partial charge < -0.3 is 14.2 Å². The SMILES string of the molecule is C=CC(=O)OCCC1OCCCO1. The Bertz CT molecular complexity index is 172. The Morgan fingerprint density at radius 1 is 1.54 bits per heavy atom.